The third-order valence-electron chi connectivity index (χ3n) is 3.02. The lowest BCUT2D eigenvalue weighted by molar-refractivity contribution is -0.385. The van der Waals surface area contributed by atoms with Crippen molar-refractivity contribution in [2.45, 2.75) is 13.5 Å². The van der Waals surface area contributed by atoms with Crippen molar-refractivity contribution in [3.05, 3.63) is 62.7 Å². The molecule has 0 amide bonds. The first-order chi connectivity index (χ1) is 10.0. The van der Waals surface area contributed by atoms with Crippen molar-refractivity contribution in [3.8, 4) is 11.5 Å². The molecule has 0 aliphatic heterocycles. The first-order valence-corrected chi connectivity index (χ1v) is 6.75. The molecule has 0 bridgehead atoms. The summed E-state index contributed by atoms with van der Waals surface area (Å²) >= 11 is 6.16. The summed E-state index contributed by atoms with van der Waals surface area (Å²) in [4.78, 5) is 10.4. The second-order valence-electron chi connectivity index (χ2n) is 4.55. The Morgan fingerprint density at radius 3 is 2.71 bits per heavy atom. The van der Waals surface area contributed by atoms with E-state index >= 15 is 0 Å². The Balaban J connectivity index is 2.32. The van der Waals surface area contributed by atoms with Gasteiger partial charge in [0.2, 0.25) is 0 Å². The van der Waals surface area contributed by atoms with Gasteiger partial charge in [0.25, 0.3) is 5.69 Å². The van der Waals surface area contributed by atoms with Gasteiger partial charge in [-0.2, -0.15) is 0 Å². The highest BCUT2D eigenvalue weighted by molar-refractivity contribution is 6.31. The van der Waals surface area contributed by atoms with Crippen molar-refractivity contribution >= 4 is 17.3 Å². The number of rotatable bonds is 5. The fourth-order valence-corrected chi connectivity index (χ4v) is 2.24. The molecule has 110 valence electrons. The second-order valence-corrected chi connectivity index (χ2v) is 4.96. The Morgan fingerprint density at radius 2 is 2.10 bits per heavy atom. The van der Waals surface area contributed by atoms with Crippen LogP contribution in [0.4, 0.5) is 5.69 Å². The number of nitrogens with one attached hydrogen (secondary N) is 1. The van der Waals surface area contributed by atoms with Crippen LogP contribution in [-0.4, -0.2) is 12.0 Å². The maximum Gasteiger partial charge on any atom is 0.272 e. The number of hydrogen-bond donors (Lipinski definition) is 1. The lowest BCUT2D eigenvalue weighted by atomic mass is 10.2. The van der Waals surface area contributed by atoms with Crippen LogP contribution in [0, 0.1) is 17.0 Å². The molecule has 5 nitrogen and oxygen atoms in total. The molecule has 6 heteroatoms. The van der Waals surface area contributed by atoms with Crippen molar-refractivity contribution in [3.63, 3.8) is 0 Å². The summed E-state index contributed by atoms with van der Waals surface area (Å²) in [5, 5.41) is 14.5. The van der Waals surface area contributed by atoms with E-state index in [1.165, 1.54) is 6.07 Å². The maximum atomic E-state index is 10.8. The Morgan fingerprint density at radius 1 is 1.33 bits per heavy atom. The molecular weight excluding hydrogens is 292 g/mol. The summed E-state index contributed by atoms with van der Waals surface area (Å²) in [6.07, 6.45) is 0. The van der Waals surface area contributed by atoms with E-state index in [1.54, 1.807) is 31.2 Å². The number of nitro groups is 1. The van der Waals surface area contributed by atoms with Gasteiger partial charge < -0.3 is 10.1 Å². The molecule has 0 aliphatic carbocycles. The Labute approximate surface area is 127 Å². The molecule has 0 spiro atoms. The van der Waals surface area contributed by atoms with Crippen LogP contribution < -0.4 is 10.1 Å². The maximum absolute atomic E-state index is 10.8. The van der Waals surface area contributed by atoms with Gasteiger partial charge in [-0.3, -0.25) is 10.1 Å². The average molecular weight is 307 g/mol. The number of nitrogens with zero attached hydrogens (tertiary/aromatic N) is 1. The van der Waals surface area contributed by atoms with Gasteiger partial charge in [0.15, 0.2) is 0 Å². The van der Waals surface area contributed by atoms with Crippen LogP contribution in [0.1, 0.15) is 11.1 Å². The molecule has 21 heavy (non-hydrogen) atoms. The van der Waals surface area contributed by atoms with Gasteiger partial charge in [-0.25, -0.2) is 0 Å². The molecule has 0 unspecified atom stereocenters. The molecule has 0 radical (unpaired) electrons. The van der Waals surface area contributed by atoms with Gasteiger partial charge in [0, 0.05) is 28.8 Å². The van der Waals surface area contributed by atoms with Gasteiger partial charge in [0.05, 0.1) is 4.92 Å². The normalized spacial score (nSPS) is 10.4. The van der Waals surface area contributed by atoms with E-state index in [0.29, 0.717) is 28.6 Å². The fourth-order valence-electron chi connectivity index (χ4n) is 2.01. The van der Waals surface area contributed by atoms with Crippen molar-refractivity contribution in [2.24, 2.45) is 0 Å². The standard InChI is InChI=1S/C15H15ClN2O3/c1-10-8-11(6-7-14(10)18(19)20)21-15-5-3-4-13(16)12(15)9-17-2/h3-8,17H,9H2,1-2H3. The average Bonchev–Trinajstić information content (AvgIpc) is 2.42. The number of aryl methyl sites for hydroxylation is 1. The summed E-state index contributed by atoms with van der Waals surface area (Å²) in [5.74, 6) is 1.17. The summed E-state index contributed by atoms with van der Waals surface area (Å²) in [6, 6.07) is 10.1. The SMILES string of the molecule is CNCc1c(Cl)cccc1Oc1ccc([N+](=O)[O-])c(C)c1. The highest BCUT2D eigenvalue weighted by atomic mass is 35.5. The van der Waals surface area contributed by atoms with E-state index in [1.807, 2.05) is 13.1 Å². The lowest BCUT2D eigenvalue weighted by Crippen LogP contribution is -2.07. The van der Waals surface area contributed by atoms with Crippen molar-refractivity contribution in [2.75, 3.05) is 7.05 Å². The van der Waals surface area contributed by atoms with Gasteiger partial charge in [-0.15, -0.1) is 0 Å². The van der Waals surface area contributed by atoms with Crippen LogP contribution in [0.5, 0.6) is 11.5 Å². The van der Waals surface area contributed by atoms with Gasteiger partial charge >= 0.3 is 0 Å². The zero-order valence-corrected chi connectivity index (χ0v) is 12.5. The highest BCUT2D eigenvalue weighted by Gasteiger charge is 2.13. The van der Waals surface area contributed by atoms with E-state index < -0.39 is 4.92 Å². The summed E-state index contributed by atoms with van der Waals surface area (Å²) in [5.41, 5.74) is 1.47. The minimum Gasteiger partial charge on any atom is -0.457 e. The fraction of sp³-hybridized carbons (Fsp3) is 0.200. The van der Waals surface area contributed by atoms with E-state index in [0.717, 1.165) is 5.56 Å². The molecule has 2 rings (SSSR count). The predicted molar refractivity (Wildman–Crippen MR) is 82.1 cm³/mol. The minimum atomic E-state index is -0.412. The summed E-state index contributed by atoms with van der Waals surface area (Å²) in [6.45, 7) is 2.25. The van der Waals surface area contributed by atoms with E-state index in [2.05, 4.69) is 5.32 Å². The van der Waals surface area contributed by atoms with Crippen LogP contribution in [0.2, 0.25) is 5.02 Å². The van der Waals surface area contributed by atoms with Crippen LogP contribution in [-0.2, 0) is 6.54 Å². The quantitative estimate of drug-likeness (QED) is 0.668. The highest BCUT2D eigenvalue weighted by Crippen LogP contribution is 2.32. The first-order valence-electron chi connectivity index (χ1n) is 6.38. The van der Waals surface area contributed by atoms with Crippen LogP contribution in [0.3, 0.4) is 0 Å². The zero-order valence-electron chi connectivity index (χ0n) is 11.7. The number of hydrogen-bond acceptors (Lipinski definition) is 4. The zero-order chi connectivity index (χ0) is 15.4. The van der Waals surface area contributed by atoms with Crippen molar-refractivity contribution in [1.29, 1.82) is 0 Å². The minimum absolute atomic E-state index is 0.0730. The van der Waals surface area contributed by atoms with Crippen molar-refractivity contribution in [1.82, 2.24) is 5.32 Å². The Kier molecular flexibility index (Phi) is 4.77. The molecule has 0 atom stereocenters. The lowest BCUT2D eigenvalue weighted by Gasteiger charge is -2.12. The molecule has 0 aromatic heterocycles. The number of ether oxygens (including phenoxy) is 1. The summed E-state index contributed by atoms with van der Waals surface area (Å²) < 4.78 is 5.81. The third-order valence-corrected chi connectivity index (χ3v) is 3.38. The van der Waals surface area contributed by atoms with Crippen LogP contribution >= 0.6 is 11.6 Å². The van der Waals surface area contributed by atoms with Gasteiger partial charge in [0.1, 0.15) is 11.5 Å². The van der Waals surface area contributed by atoms with Crippen LogP contribution in [0.15, 0.2) is 36.4 Å². The molecule has 2 aromatic carbocycles. The first kappa shape index (κ1) is 15.3. The predicted octanol–water partition coefficient (Wildman–Crippen LogP) is 4.07. The van der Waals surface area contributed by atoms with Crippen molar-refractivity contribution < 1.29 is 9.66 Å². The number of nitro benzene ring substituents is 1. The van der Waals surface area contributed by atoms with E-state index in [9.17, 15) is 10.1 Å². The molecular formula is C15H15ClN2O3. The van der Waals surface area contributed by atoms with Gasteiger partial charge in [-0.1, -0.05) is 17.7 Å². The third kappa shape index (κ3) is 3.51. The second kappa shape index (κ2) is 6.56. The van der Waals surface area contributed by atoms with Gasteiger partial charge in [-0.05, 0) is 38.2 Å². The summed E-state index contributed by atoms with van der Waals surface area (Å²) in [7, 11) is 1.82. The smallest absolute Gasteiger partial charge is 0.272 e. The topological polar surface area (TPSA) is 64.4 Å². The number of halogens is 1. The Hall–Kier alpha value is -2.11. The number of benzene rings is 2. The molecule has 0 saturated carbocycles. The molecule has 0 aliphatic rings. The molecule has 0 fully saturated rings. The Bertz CT molecular complexity index is 674. The largest absolute Gasteiger partial charge is 0.457 e. The molecule has 0 heterocycles. The van der Waals surface area contributed by atoms with E-state index in [-0.39, 0.29) is 5.69 Å². The molecule has 0 saturated heterocycles. The van der Waals surface area contributed by atoms with E-state index in [4.69, 9.17) is 16.3 Å². The van der Waals surface area contributed by atoms with Crippen LogP contribution in [0.25, 0.3) is 0 Å². The molecule has 1 N–H and O–H groups in total. The monoisotopic (exact) mass is 306 g/mol. The molecule has 2 aromatic rings.